The molecule has 0 spiro atoms. The molecule has 4 aliphatic rings. The highest BCUT2D eigenvalue weighted by Crippen LogP contribution is 2.61. The zero-order valence-electron chi connectivity index (χ0n) is 16.4. The van der Waals surface area contributed by atoms with Crippen LogP contribution < -0.4 is 16.6 Å². The van der Waals surface area contributed by atoms with E-state index in [0.29, 0.717) is 6.42 Å². The van der Waals surface area contributed by atoms with Crippen molar-refractivity contribution in [3.63, 3.8) is 0 Å². The third kappa shape index (κ3) is 3.52. The van der Waals surface area contributed by atoms with Gasteiger partial charge in [-0.05, 0) is 61.7 Å². The Balaban J connectivity index is 1.33. The molecule has 0 aromatic carbocycles. The number of esters is 1. The monoisotopic (exact) mass is 389 g/mol. The fourth-order valence-electron chi connectivity index (χ4n) is 6.04. The Morgan fingerprint density at radius 2 is 1.64 bits per heavy atom. The number of hydrogen-bond acceptors (Lipinski definition) is 5. The van der Waals surface area contributed by atoms with Crippen LogP contribution in [0, 0.1) is 23.2 Å². The second-order valence-electron chi connectivity index (χ2n) is 9.07. The Kier molecular flexibility index (Phi) is 4.67. The van der Waals surface area contributed by atoms with Crippen molar-refractivity contribution in [2.75, 3.05) is 11.9 Å². The van der Waals surface area contributed by atoms with Crippen molar-refractivity contribution in [3.05, 3.63) is 26.9 Å². The predicted octanol–water partition coefficient (Wildman–Crippen LogP) is 1.17. The van der Waals surface area contributed by atoms with E-state index in [4.69, 9.17) is 4.74 Å². The summed E-state index contributed by atoms with van der Waals surface area (Å²) in [6, 6.07) is 1.16. The van der Waals surface area contributed by atoms with E-state index in [-0.39, 0.29) is 17.2 Å². The summed E-state index contributed by atoms with van der Waals surface area (Å²) in [5, 5.41) is 2.47. The molecule has 0 aliphatic heterocycles. The molecule has 28 heavy (non-hydrogen) atoms. The van der Waals surface area contributed by atoms with Gasteiger partial charge in [0, 0.05) is 20.2 Å². The lowest BCUT2D eigenvalue weighted by Crippen LogP contribution is -2.47. The van der Waals surface area contributed by atoms with Crippen LogP contribution in [0.25, 0.3) is 0 Å². The van der Waals surface area contributed by atoms with Crippen LogP contribution >= 0.6 is 0 Å². The van der Waals surface area contributed by atoms with Crippen LogP contribution in [0.1, 0.15) is 44.9 Å². The molecule has 0 unspecified atom stereocenters. The lowest BCUT2D eigenvalue weighted by molar-refractivity contribution is -0.154. The number of aromatic nitrogens is 2. The summed E-state index contributed by atoms with van der Waals surface area (Å²) >= 11 is 0. The summed E-state index contributed by atoms with van der Waals surface area (Å²) in [5.74, 6) is 1.44. The molecule has 0 saturated heterocycles. The summed E-state index contributed by atoms with van der Waals surface area (Å²) in [6.07, 6.45) is 7.64. The quantitative estimate of drug-likeness (QED) is 0.762. The first-order valence-corrected chi connectivity index (χ1v) is 9.97. The number of nitrogens with one attached hydrogen (secondary N) is 1. The van der Waals surface area contributed by atoms with Gasteiger partial charge in [0.15, 0.2) is 6.61 Å². The Morgan fingerprint density at radius 1 is 1.07 bits per heavy atom. The molecule has 1 amide bonds. The molecule has 0 radical (unpaired) electrons. The van der Waals surface area contributed by atoms with Crippen LogP contribution in [-0.4, -0.2) is 27.6 Å². The predicted molar refractivity (Wildman–Crippen MR) is 102 cm³/mol. The molecule has 1 aromatic heterocycles. The van der Waals surface area contributed by atoms with Gasteiger partial charge >= 0.3 is 11.7 Å². The maximum absolute atomic E-state index is 12.4. The largest absolute Gasteiger partial charge is 0.456 e. The number of ether oxygens (including phenoxy) is 1. The zero-order chi connectivity index (χ0) is 20.1. The van der Waals surface area contributed by atoms with E-state index >= 15 is 0 Å². The molecule has 152 valence electrons. The minimum absolute atomic E-state index is 0.0673. The number of anilines is 1. The van der Waals surface area contributed by atoms with E-state index < -0.39 is 23.8 Å². The van der Waals surface area contributed by atoms with Gasteiger partial charge < -0.3 is 10.1 Å². The number of hydrogen-bond donors (Lipinski definition) is 1. The number of amides is 1. The smallest absolute Gasteiger partial charge is 0.332 e. The van der Waals surface area contributed by atoms with Crippen molar-refractivity contribution in [2.24, 2.45) is 37.3 Å². The zero-order valence-corrected chi connectivity index (χ0v) is 16.4. The fourth-order valence-corrected chi connectivity index (χ4v) is 6.04. The van der Waals surface area contributed by atoms with E-state index in [2.05, 4.69) is 5.32 Å². The Morgan fingerprint density at radius 3 is 2.21 bits per heavy atom. The summed E-state index contributed by atoms with van der Waals surface area (Å²) in [5.41, 5.74) is -0.989. The standard InChI is InChI=1S/C20H27N3O5/c1-22-15(6-17(25)23(2)19(22)27)21-16(24)11-28-18(26)10-20-7-12-3-13(8-20)5-14(4-12)9-20/h6,12-14H,3-5,7-11H2,1-2H3,(H,21,24). The number of carbonyl (C=O) groups is 2. The third-order valence-corrected chi connectivity index (χ3v) is 6.84. The number of nitrogens with zero attached hydrogens (tertiary/aromatic N) is 2. The maximum Gasteiger partial charge on any atom is 0.332 e. The van der Waals surface area contributed by atoms with Crippen molar-refractivity contribution >= 4 is 17.7 Å². The Hall–Kier alpha value is -2.38. The van der Waals surface area contributed by atoms with E-state index in [1.807, 2.05) is 0 Å². The number of rotatable bonds is 5. The van der Waals surface area contributed by atoms with Crippen molar-refractivity contribution in [3.8, 4) is 0 Å². The first-order valence-electron chi connectivity index (χ1n) is 9.97. The minimum atomic E-state index is -0.567. The fraction of sp³-hybridized carbons (Fsp3) is 0.700. The van der Waals surface area contributed by atoms with Crippen LogP contribution in [-0.2, 0) is 28.4 Å². The molecule has 4 bridgehead atoms. The van der Waals surface area contributed by atoms with Gasteiger partial charge in [0.25, 0.3) is 11.5 Å². The highest BCUT2D eigenvalue weighted by molar-refractivity contribution is 5.92. The van der Waals surface area contributed by atoms with E-state index in [1.54, 1.807) is 0 Å². The summed E-state index contributed by atoms with van der Waals surface area (Å²) in [4.78, 5) is 48.1. The van der Waals surface area contributed by atoms with Gasteiger partial charge in [0.05, 0.1) is 6.42 Å². The molecule has 1 aromatic rings. The van der Waals surface area contributed by atoms with Gasteiger partial charge in [0.2, 0.25) is 0 Å². The van der Waals surface area contributed by atoms with Crippen LogP contribution in [0.15, 0.2) is 15.7 Å². The highest BCUT2D eigenvalue weighted by atomic mass is 16.5. The molecular formula is C20H27N3O5. The highest BCUT2D eigenvalue weighted by Gasteiger charge is 2.51. The van der Waals surface area contributed by atoms with E-state index in [0.717, 1.165) is 52.2 Å². The van der Waals surface area contributed by atoms with Gasteiger partial charge in [0.1, 0.15) is 5.82 Å². The summed E-state index contributed by atoms with van der Waals surface area (Å²) in [6.45, 7) is -0.422. The van der Waals surface area contributed by atoms with Gasteiger partial charge in [-0.15, -0.1) is 0 Å². The molecule has 0 atom stereocenters. The van der Waals surface area contributed by atoms with Crippen molar-refractivity contribution in [1.82, 2.24) is 9.13 Å². The van der Waals surface area contributed by atoms with Gasteiger partial charge in [-0.1, -0.05) is 0 Å². The lowest BCUT2D eigenvalue weighted by Gasteiger charge is -2.56. The molecule has 8 nitrogen and oxygen atoms in total. The van der Waals surface area contributed by atoms with Gasteiger partial charge in [-0.3, -0.25) is 23.5 Å². The molecule has 1 N–H and O–H groups in total. The SMILES string of the molecule is Cn1c(NC(=O)COC(=O)CC23CC4CC(CC(C4)C2)C3)cc(=O)n(C)c1=O. The van der Waals surface area contributed by atoms with E-state index in [1.165, 1.54) is 33.4 Å². The van der Waals surface area contributed by atoms with Crippen molar-refractivity contribution < 1.29 is 14.3 Å². The second kappa shape index (κ2) is 6.90. The van der Waals surface area contributed by atoms with Crippen molar-refractivity contribution in [1.29, 1.82) is 0 Å². The average Bonchev–Trinajstić information content (AvgIpc) is 2.61. The minimum Gasteiger partial charge on any atom is -0.456 e. The second-order valence-corrected chi connectivity index (χ2v) is 9.07. The molecule has 4 saturated carbocycles. The molecule has 5 rings (SSSR count). The molecule has 1 heterocycles. The average molecular weight is 389 g/mol. The molecule has 4 fully saturated rings. The van der Waals surface area contributed by atoms with Crippen LogP contribution in [0.4, 0.5) is 5.82 Å². The Labute approximate surface area is 162 Å². The van der Waals surface area contributed by atoms with Crippen LogP contribution in [0.3, 0.4) is 0 Å². The summed E-state index contributed by atoms with van der Waals surface area (Å²) in [7, 11) is 2.82. The molecule has 4 aliphatic carbocycles. The van der Waals surface area contributed by atoms with Crippen LogP contribution in [0.5, 0.6) is 0 Å². The normalized spacial score (nSPS) is 30.3. The topological polar surface area (TPSA) is 99.4 Å². The lowest BCUT2D eigenvalue weighted by atomic mass is 9.49. The Bertz CT molecular complexity index is 893. The third-order valence-electron chi connectivity index (χ3n) is 6.84. The first-order chi connectivity index (χ1) is 13.2. The van der Waals surface area contributed by atoms with E-state index in [9.17, 15) is 19.2 Å². The molecular weight excluding hydrogens is 362 g/mol. The van der Waals surface area contributed by atoms with Gasteiger partial charge in [-0.25, -0.2) is 4.79 Å². The molecule has 8 heteroatoms. The summed E-state index contributed by atoms with van der Waals surface area (Å²) < 4.78 is 7.33. The first kappa shape index (κ1) is 19.0. The van der Waals surface area contributed by atoms with Crippen LogP contribution in [0.2, 0.25) is 0 Å². The number of carbonyl (C=O) groups excluding carboxylic acids is 2. The maximum atomic E-state index is 12.4. The van der Waals surface area contributed by atoms with Gasteiger partial charge in [-0.2, -0.15) is 0 Å². The van der Waals surface area contributed by atoms with Crippen molar-refractivity contribution in [2.45, 2.75) is 44.9 Å².